The molecule has 2 aromatic heterocycles. The molecule has 23 heavy (non-hydrogen) atoms. The lowest BCUT2D eigenvalue weighted by atomic mass is 9.93. The van der Waals surface area contributed by atoms with Crippen molar-refractivity contribution in [1.82, 2.24) is 19.6 Å². The highest BCUT2D eigenvalue weighted by Crippen LogP contribution is 2.31. The molecule has 6 heteroatoms. The lowest BCUT2D eigenvalue weighted by Crippen LogP contribution is -2.23. The van der Waals surface area contributed by atoms with Gasteiger partial charge in [-0.3, -0.25) is 9.48 Å². The summed E-state index contributed by atoms with van der Waals surface area (Å²) in [6, 6.07) is 11.5. The molecule has 3 aromatic rings. The Bertz CT molecular complexity index is 894. The molecule has 0 radical (unpaired) electrons. The first-order valence-electron chi connectivity index (χ1n) is 7.66. The third kappa shape index (κ3) is 2.32. The Balaban J connectivity index is 1.87. The number of hydrogen-bond acceptors (Lipinski definition) is 4. The Hall–Kier alpha value is -2.89. The molecule has 0 unspecified atom stereocenters. The molecule has 4 rings (SSSR count). The number of rotatable bonds is 3. The second kappa shape index (κ2) is 5.39. The Labute approximate surface area is 132 Å². The molecular weight excluding hydrogens is 292 g/mol. The van der Waals surface area contributed by atoms with Crippen LogP contribution in [0.3, 0.4) is 0 Å². The summed E-state index contributed by atoms with van der Waals surface area (Å²) in [4.78, 5) is 12.4. The Morgan fingerprint density at radius 1 is 1.13 bits per heavy atom. The van der Waals surface area contributed by atoms with Crippen LogP contribution in [0.1, 0.15) is 25.3 Å². The molecule has 1 N–H and O–H groups in total. The molecule has 0 amide bonds. The van der Waals surface area contributed by atoms with Gasteiger partial charge in [-0.25, -0.2) is 4.68 Å². The normalized spacial score (nSPS) is 14.6. The highest BCUT2D eigenvalue weighted by molar-refractivity contribution is 5.58. The van der Waals surface area contributed by atoms with Crippen molar-refractivity contribution < 1.29 is 5.11 Å². The van der Waals surface area contributed by atoms with Gasteiger partial charge in [0.1, 0.15) is 0 Å². The summed E-state index contributed by atoms with van der Waals surface area (Å²) in [7, 11) is 0. The SMILES string of the molecule is O=c1c(O)cn(C2CCC2)nc1-c1ccnn1-c1ccccc1. The van der Waals surface area contributed by atoms with Gasteiger partial charge in [0.2, 0.25) is 0 Å². The van der Waals surface area contributed by atoms with E-state index in [4.69, 9.17) is 0 Å². The van der Waals surface area contributed by atoms with Gasteiger partial charge in [0.05, 0.1) is 29.8 Å². The van der Waals surface area contributed by atoms with Crippen LogP contribution in [0.4, 0.5) is 0 Å². The lowest BCUT2D eigenvalue weighted by Gasteiger charge is -2.27. The minimum atomic E-state index is -0.474. The van der Waals surface area contributed by atoms with E-state index in [2.05, 4.69) is 10.2 Å². The van der Waals surface area contributed by atoms with Crippen LogP contribution in [-0.4, -0.2) is 24.7 Å². The summed E-state index contributed by atoms with van der Waals surface area (Å²) in [5.41, 5.74) is 1.16. The zero-order valence-corrected chi connectivity index (χ0v) is 12.5. The molecule has 0 bridgehead atoms. The van der Waals surface area contributed by atoms with Crippen molar-refractivity contribution in [2.45, 2.75) is 25.3 Å². The predicted octanol–water partition coefficient (Wildman–Crippen LogP) is 2.53. The summed E-state index contributed by atoms with van der Waals surface area (Å²) in [5.74, 6) is -0.275. The van der Waals surface area contributed by atoms with Crippen molar-refractivity contribution in [1.29, 1.82) is 0 Å². The second-order valence-electron chi connectivity index (χ2n) is 5.72. The fraction of sp³-hybridized carbons (Fsp3) is 0.235. The minimum absolute atomic E-state index is 0.221. The predicted molar refractivity (Wildman–Crippen MR) is 85.6 cm³/mol. The highest BCUT2D eigenvalue weighted by atomic mass is 16.3. The van der Waals surface area contributed by atoms with Crippen LogP contribution in [0.2, 0.25) is 0 Å². The van der Waals surface area contributed by atoms with Crippen LogP contribution in [0.5, 0.6) is 5.75 Å². The monoisotopic (exact) mass is 308 g/mol. The molecule has 0 atom stereocenters. The number of aromatic hydroxyl groups is 1. The maximum atomic E-state index is 12.4. The maximum absolute atomic E-state index is 12.4. The van der Waals surface area contributed by atoms with Gasteiger partial charge < -0.3 is 5.11 Å². The first-order valence-corrected chi connectivity index (χ1v) is 7.66. The molecule has 2 heterocycles. The number of para-hydroxylation sites is 1. The zero-order valence-electron chi connectivity index (χ0n) is 12.5. The van der Waals surface area contributed by atoms with Gasteiger partial charge in [-0.2, -0.15) is 10.2 Å². The molecule has 0 saturated heterocycles. The van der Waals surface area contributed by atoms with Crippen molar-refractivity contribution in [3.05, 3.63) is 59.0 Å². The molecule has 1 aliphatic rings. The van der Waals surface area contributed by atoms with E-state index in [-0.39, 0.29) is 17.5 Å². The lowest BCUT2D eigenvalue weighted by molar-refractivity contribution is 0.281. The second-order valence-corrected chi connectivity index (χ2v) is 5.72. The average Bonchev–Trinajstić information content (AvgIpc) is 2.99. The molecule has 6 nitrogen and oxygen atoms in total. The van der Waals surface area contributed by atoms with Crippen molar-refractivity contribution in [3.8, 4) is 22.8 Å². The topological polar surface area (TPSA) is 72.9 Å². The molecule has 116 valence electrons. The summed E-state index contributed by atoms with van der Waals surface area (Å²) in [5, 5.41) is 18.8. The number of nitrogens with zero attached hydrogens (tertiary/aromatic N) is 4. The van der Waals surface area contributed by atoms with E-state index in [1.807, 2.05) is 30.3 Å². The van der Waals surface area contributed by atoms with Gasteiger partial charge in [0, 0.05) is 0 Å². The zero-order chi connectivity index (χ0) is 15.8. The van der Waals surface area contributed by atoms with E-state index in [1.54, 1.807) is 21.6 Å². The third-order valence-corrected chi connectivity index (χ3v) is 4.25. The van der Waals surface area contributed by atoms with Gasteiger partial charge in [0.15, 0.2) is 11.4 Å². The van der Waals surface area contributed by atoms with E-state index in [0.29, 0.717) is 5.69 Å². The van der Waals surface area contributed by atoms with E-state index in [1.165, 1.54) is 6.20 Å². The van der Waals surface area contributed by atoms with Gasteiger partial charge in [-0.15, -0.1) is 0 Å². The van der Waals surface area contributed by atoms with Crippen LogP contribution < -0.4 is 5.43 Å². The molecule has 1 saturated carbocycles. The summed E-state index contributed by atoms with van der Waals surface area (Å²) in [6.45, 7) is 0. The van der Waals surface area contributed by atoms with Crippen LogP contribution >= 0.6 is 0 Å². The van der Waals surface area contributed by atoms with Crippen LogP contribution in [0, 0.1) is 0 Å². The third-order valence-electron chi connectivity index (χ3n) is 4.25. The van der Waals surface area contributed by atoms with Gasteiger partial charge in [-0.05, 0) is 37.5 Å². The van der Waals surface area contributed by atoms with Crippen molar-refractivity contribution in [2.75, 3.05) is 0 Å². The molecule has 0 aliphatic heterocycles. The molecular formula is C17H16N4O2. The quantitative estimate of drug-likeness (QED) is 0.807. The minimum Gasteiger partial charge on any atom is -0.503 e. The van der Waals surface area contributed by atoms with Crippen LogP contribution in [0.15, 0.2) is 53.6 Å². The average molecular weight is 308 g/mol. The van der Waals surface area contributed by atoms with E-state index >= 15 is 0 Å². The van der Waals surface area contributed by atoms with Gasteiger partial charge in [-0.1, -0.05) is 18.2 Å². The van der Waals surface area contributed by atoms with Crippen LogP contribution in [-0.2, 0) is 0 Å². The molecule has 1 aliphatic carbocycles. The Morgan fingerprint density at radius 2 is 1.91 bits per heavy atom. The largest absolute Gasteiger partial charge is 0.503 e. The highest BCUT2D eigenvalue weighted by Gasteiger charge is 2.23. The maximum Gasteiger partial charge on any atom is 0.251 e. The van der Waals surface area contributed by atoms with Gasteiger partial charge >= 0.3 is 0 Å². The number of aromatic nitrogens is 4. The number of hydrogen-bond donors (Lipinski definition) is 1. The smallest absolute Gasteiger partial charge is 0.251 e. The molecule has 0 spiro atoms. The van der Waals surface area contributed by atoms with Crippen molar-refractivity contribution in [3.63, 3.8) is 0 Å². The first kappa shape index (κ1) is 13.8. The summed E-state index contributed by atoms with van der Waals surface area (Å²) in [6.07, 6.45) is 6.25. The summed E-state index contributed by atoms with van der Waals surface area (Å²) < 4.78 is 3.37. The summed E-state index contributed by atoms with van der Waals surface area (Å²) >= 11 is 0. The van der Waals surface area contributed by atoms with E-state index < -0.39 is 5.43 Å². The number of benzene rings is 1. The fourth-order valence-electron chi connectivity index (χ4n) is 2.76. The van der Waals surface area contributed by atoms with Crippen LogP contribution in [0.25, 0.3) is 17.1 Å². The Kier molecular flexibility index (Phi) is 3.22. The molecule has 1 fully saturated rings. The fourth-order valence-corrected chi connectivity index (χ4v) is 2.76. The van der Waals surface area contributed by atoms with Crippen molar-refractivity contribution in [2.24, 2.45) is 0 Å². The molecule has 1 aromatic carbocycles. The Morgan fingerprint density at radius 3 is 2.61 bits per heavy atom. The van der Waals surface area contributed by atoms with Gasteiger partial charge in [0.25, 0.3) is 5.43 Å². The van der Waals surface area contributed by atoms with E-state index in [9.17, 15) is 9.90 Å². The standard InChI is InChI=1S/C17H16N4O2/c22-15-11-20(12-7-4-8-12)19-16(17(15)23)14-9-10-18-21(14)13-5-2-1-3-6-13/h1-3,5-6,9-12,22H,4,7-8H2. The first-order chi connectivity index (χ1) is 11.2. The van der Waals surface area contributed by atoms with Crippen molar-refractivity contribution >= 4 is 0 Å². The van der Waals surface area contributed by atoms with E-state index in [0.717, 1.165) is 24.9 Å².